The first kappa shape index (κ1) is 20.8. The zero-order valence-electron chi connectivity index (χ0n) is 15.0. The highest BCUT2D eigenvalue weighted by molar-refractivity contribution is 5.92. The monoisotopic (exact) mass is 351 g/mol. The van der Waals surface area contributed by atoms with Gasteiger partial charge in [-0.05, 0) is 44.0 Å². The maximum atomic E-state index is 12.9. The number of halogens is 1. The Morgan fingerprint density at radius 1 is 1.20 bits per heavy atom. The van der Waals surface area contributed by atoms with Gasteiger partial charge in [-0.15, -0.1) is 0 Å². The maximum absolute atomic E-state index is 12.9. The number of hydrogen-bond donors (Lipinski definition) is 0. The number of carbonyl (C=O) groups is 2. The summed E-state index contributed by atoms with van der Waals surface area (Å²) in [6.45, 7) is 5.20. The largest absolute Gasteiger partial charge is 0.469 e. The average molecular weight is 351 g/mol. The predicted octanol–water partition coefficient (Wildman–Crippen LogP) is 3.05. The second-order valence-corrected chi connectivity index (χ2v) is 5.81. The van der Waals surface area contributed by atoms with Crippen LogP contribution in [0.1, 0.15) is 32.3 Å². The van der Waals surface area contributed by atoms with Crippen molar-refractivity contribution in [3.63, 3.8) is 0 Å². The predicted molar refractivity (Wildman–Crippen MR) is 94.4 cm³/mol. The minimum atomic E-state index is -0.362. The number of methoxy groups -OCH3 is 1. The Labute approximate surface area is 148 Å². The lowest BCUT2D eigenvalue weighted by molar-refractivity contribution is -0.141. The Morgan fingerprint density at radius 2 is 1.88 bits per heavy atom. The molecule has 0 fully saturated rings. The molecule has 0 aromatic heterocycles. The third-order valence-corrected chi connectivity index (χ3v) is 3.44. The highest BCUT2D eigenvalue weighted by Gasteiger charge is 2.13. The van der Waals surface area contributed by atoms with Gasteiger partial charge in [-0.2, -0.15) is 0 Å². The molecule has 6 heteroatoms. The van der Waals surface area contributed by atoms with E-state index in [1.54, 1.807) is 23.1 Å². The Balaban J connectivity index is 2.62. The summed E-state index contributed by atoms with van der Waals surface area (Å²) in [5.74, 6) is -0.898. The lowest BCUT2D eigenvalue weighted by atomic mass is 10.2. The van der Waals surface area contributed by atoms with Gasteiger partial charge >= 0.3 is 5.97 Å². The molecule has 0 saturated heterocycles. The van der Waals surface area contributed by atoms with Crippen LogP contribution in [-0.4, -0.2) is 49.7 Å². The molecule has 1 rings (SSSR count). The zero-order chi connectivity index (χ0) is 18.7. The fourth-order valence-corrected chi connectivity index (χ4v) is 2.08. The fourth-order valence-electron chi connectivity index (χ4n) is 2.08. The molecule has 138 valence electrons. The van der Waals surface area contributed by atoms with Gasteiger partial charge in [0, 0.05) is 25.8 Å². The number of nitrogens with zero attached hydrogens (tertiary/aromatic N) is 1. The highest BCUT2D eigenvalue weighted by atomic mass is 19.1. The smallest absolute Gasteiger partial charge is 0.307 e. The molecule has 0 unspecified atom stereocenters. The molecule has 0 aliphatic rings. The van der Waals surface area contributed by atoms with Gasteiger partial charge in [0.15, 0.2) is 0 Å². The van der Waals surface area contributed by atoms with E-state index in [-0.39, 0.29) is 36.8 Å². The van der Waals surface area contributed by atoms with E-state index in [2.05, 4.69) is 4.74 Å². The van der Waals surface area contributed by atoms with Gasteiger partial charge in [0.1, 0.15) is 5.82 Å². The second kappa shape index (κ2) is 11.4. The van der Waals surface area contributed by atoms with Crippen molar-refractivity contribution in [2.75, 3.05) is 26.8 Å². The van der Waals surface area contributed by atoms with E-state index in [0.717, 1.165) is 5.56 Å². The molecule has 0 N–H and O–H groups in total. The molecule has 0 bridgehead atoms. The maximum Gasteiger partial charge on any atom is 0.307 e. The van der Waals surface area contributed by atoms with Gasteiger partial charge < -0.3 is 14.4 Å². The van der Waals surface area contributed by atoms with Crippen molar-refractivity contribution >= 4 is 18.0 Å². The molecule has 0 heterocycles. The summed E-state index contributed by atoms with van der Waals surface area (Å²) in [5, 5.41) is 0. The first-order valence-corrected chi connectivity index (χ1v) is 8.33. The van der Waals surface area contributed by atoms with Crippen molar-refractivity contribution in [3.05, 3.63) is 41.7 Å². The number of esters is 1. The van der Waals surface area contributed by atoms with E-state index in [1.165, 1.54) is 25.3 Å². The number of amides is 1. The molecule has 1 aromatic rings. The van der Waals surface area contributed by atoms with E-state index in [9.17, 15) is 14.0 Å². The summed E-state index contributed by atoms with van der Waals surface area (Å²) >= 11 is 0. The lowest BCUT2D eigenvalue weighted by Gasteiger charge is -2.21. The van der Waals surface area contributed by atoms with Crippen molar-refractivity contribution in [1.29, 1.82) is 0 Å². The van der Waals surface area contributed by atoms with Gasteiger partial charge in [0.05, 0.1) is 19.6 Å². The first-order valence-electron chi connectivity index (χ1n) is 8.33. The normalized spacial score (nSPS) is 11.1. The van der Waals surface area contributed by atoms with Crippen LogP contribution in [0.3, 0.4) is 0 Å². The van der Waals surface area contributed by atoms with Crippen LogP contribution in [0.25, 0.3) is 6.08 Å². The van der Waals surface area contributed by atoms with Crippen molar-refractivity contribution < 1.29 is 23.5 Å². The van der Waals surface area contributed by atoms with E-state index in [0.29, 0.717) is 19.6 Å². The molecule has 0 atom stereocenters. The van der Waals surface area contributed by atoms with E-state index in [4.69, 9.17) is 4.74 Å². The van der Waals surface area contributed by atoms with Gasteiger partial charge in [0.25, 0.3) is 0 Å². The number of benzene rings is 1. The molecule has 0 aliphatic carbocycles. The number of carbonyl (C=O) groups excluding carboxylic acids is 2. The van der Waals surface area contributed by atoms with Gasteiger partial charge in [0.2, 0.25) is 5.91 Å². The summed E-state index contributed by atoms with van der Waals surface area (Å²) in [4.78, 5) is 25.3. The quantitative estimate of drug-likeness (QED) is 0.369. The minimum Gasteiger partial charge on any atom is -0.469 e. The summed E-state index contributed by atoms with van der Waals surface area (Å²) in [6, 6.07) is 5.85. The Morgan fingerprint density at radius 3 is 2.48 bits per heavy atom. The summed E-state index contributed by atoms with van der Waals surface area (Å²) < 4.78 is 23.0. The first-order chi connectivity index (χ1) is 11.9. The van der Waals surface area contributed by atoms with E-state index < -0.39 is 0 Å². The topological polar surface area (TPSA) is 55.8 Å². The Bertz CT molecular complexity index is 569. The molecule has 5 nitrogen and oxygen atoms in total. The van der Waals surface area contributed by atoms with Crippen molar-refractivity contribution in [2.24, 2.45) is 0 Å². The number of rotatable bonds is 10. The second-order valence-electron chi connectivity index (χ2n) is 5.81. The number of hydrogen-bond acceptors (Lipinski definition) is 4. The molecule has 25 heavy (non-hydrogen) atoms. The summed E-state index contributed by atoms with van der Waals surface area (Å²) in [6.07, 6.45) is 4.00. The minimum absolute atomic E-state index is 0.137. The molecular weight excluding hydrogens is 325 g/mol. The molecule has 0 spiro atoms. The molecule has 1 amide bonds. The van der Waals surface area contributed by atoms with Gasteiger partial charge in [-0.25, -0.2) is 4.39 Å². The molecule has 0 aliphatic heterocycles. The SMILES string of the molecule is COC(=O)CCN(CCCOC(C)C)C(=O)/C=C/c1ccc(F)cc1. The van der Waals surface area contributed by atoms with Crippen LogP contribution in [-0.2, 0) is 19.1 Å². The van der Waals surface area contributed by atoms with Gasteiger partial charge in [-0.3, -0.25) is 9.59 Å². The van der Waals surface area contributed by atoms with Crippen LogP contribution in [0.2, 0.25) is 0 Å². The Kier molecular flexibility index (Phi) is 9.47. The number of ether oxygens (including phenoxy) is 2. The highest BCUT2D eigenvalue weighted by Crippen LogP contribution is 2.06. The summed E-state index contributed by atoms with van der Waals surface area (Å²) in [7, 11) is 1.32. The fraction of sp³-hybridized carbons (Fsp3) is 0.474. The van der Waals surface area contributed by atoms with Crippen molar-refractivity contribution in [2.45, 2.75) is 32.8 Å². The zero-order valence-corrected chi connectivity index (χ0v) is 15.0. The van der Waals surface area contributed by atoms with Crippen LogP contribution in [0.15, 0.2) is 30.3 Å². The molecule has 0 saturated carbocycles. The van der Waals surface area contributed by atoms with E-state index in [1.807, 2.05) is 13.8 Å². The lowest BCUT2D eigenvalue weighted by Crippen LogP contribution is -2.33. The van der Waals surface area contributed by atoms with Crippen LogP contribution >= 0.6 is 0 Å². The van der Waals surface area contributed by atoms with Crippen LogP contribution < -0.4 is 0 Å². The van der Waals surface area contributed by atoms with Gasteiger partial charge in [-0.1, -0.05) is 12.1 Å². The summed E-state index contributed by atoms with van der Waals surface area (Å²) in [5.41, 5.74) is 0.728. The third-order valence-electron chi connectivity index (χ3n) is 3.44. The Hall–Kier alpha value is -2.21. The standard InChI is InChI=1S/C19H26FNO4/c1-15(2)25-14-4-12-21(13-11-19(23)24-3)18(22)10-7-16-5-8-17(20)9-6-16/h5-10,15H,4,11-14H2,1-3H3/b10-7+. The average Bonchev–Trinajstić information content (AvgIpc) is 2.59. The van der Waals surface area contributed by atoms with Crippen LogP contribution in [0, 0.1) is 5.82 Å². The molecule has 1 aromatic carbocycles. The van der Waals surface area contributed by atoms with Crippen molar-refractivity contribution in [3.8, 4) is 0 Å². The van der Waals surface area contributed by atoms with Crippen molar-refractivity contribution in [1.82, 2.24) is 4.90 Å². The van der Waals surface area contributed by atoms with Crippen LogP contribution in [0.5, 0.6) is 0 Å². The van der Waals surface area contributed by atoms with E-state index >= 15 is 0 Å². The third kappa shape index (κ3) is 9.00. The molecular formula is C19H26FNO4. The molecule has 0 radical (unpaired) electrons. The van der Waals surface area contributed by atoms with Crippen LogP contribution in [0.4, 0.5) is 4.39 Å².